The first-order valence-electron chi connectivity index (χ1n) is 25.4. The summed E-state index contributed by atoms with van der Waals surface area (Å²) < 4.78 is 2.49. The Morgan fingerprint density at radius 1 is 0.274 bits per heavy atom. The number of aromatic nitrogens is 1. The molecule has 16 rings (SSSR count). The predicted octanol–water partition coefficient (Wildman–Crippen LogP) is 18.9. The van der Waals surface area contributed by atoms with E-state index in [1.807, 2.05) is 0 Å². The Labute approximate surface area is 422 Å². The number of hydrogen-bond donors (Lipinski definition) is 0. The number of nitrogens with zero attached hydrogens (tertiary/aromatic N) is 2. The van der Waals surface area contributed by atoms with Crippen LogP contribution < -0.4 is 4.90 Å². The highest BCUT2D eigenvalue weighted by molar-refractivity contribution is 6.26. The Hall–Kier alpha value is -9.50. The first kappa shape index (κ1) is 40.3. The molecule has 338 valence electrons. The van der Waals surface area contributed by atoms with E-state index < -0.39 is 5.41 Å². The van der Waals surface area contributed by atoms with Gasteiger partial charge in [0.15, 0.2) is 0 Å². The maximum Gasteiger partial charge on any atom is 0.0726 e. The summed E-state index contributed by atoms with van der Waals surface area (Å²) in [6.07, 6.45) is 0. The zero-order valence-corrected chi connectivity index (χ0v) is 39.8. The highest BCUT2D eigenvalue weighted by Gasteiger charge is 2.52. The van der Waals surface area contributed by atoms with Crippen molar-refractivity contribution in [2.45, 2.75) is 5.41 Å². The van der Waals surface area contributed by atoms with Crippen molar-refractivity contribution in [3.05, 3.63) is 289 Å². The Kier molecular flexibility index (Phi) is 8.41. The second kappa shape index (κ2) is 15.3. The minimum Gasteiger partial charge on any atom is -0.310 e. The average molecular weight is 925 g/mol. The van der Waals surface area contributed by atoms with E-state index in [1.165, 1.54) is 115 Å². The summed E-state index contributed by atoms with van der Waals surface area (Å²) in [4.78, 5) is 2.57. The molecule has 0 bridgehead atoms. The van der Waals surface area contributed by atoms with Crippen LogP contribution >= 0.6 is 0 Å². The zero-order chi connectivity index (χ0) is 47.8. The van der Waals surface area contributed by atoms with Crippen molar-refractivity contribution in [1.82, 2.24) is 4.57 Å². The van der Waals surface area contributed by atoms with Gasteiger partial charge in [-0.2, -0.15) is 0 Å². The quantitative estimate of drug-likeness (QED) is 0.156. The monoisotopic (exact) mass is 924 g/mol. The third kappa shape index (κ3) is 5.52. The molecule has 0 amide bonds. The molecule has 1 aromatic heterocycles. The molecule has 2 aliphatic rings. The molecule has 0 fully saturated rings. The second-order valence-corrected chi connectivity index (χ2v) is 19.9. The summed E-state index contributed by atoms with van der Waals surface area (Å²) in [5.74, 6) is 0. The minimum atomic E-state index is -0.551. The van der Waals surface area contributed by atoms with Crippen molar-refractivity contribution in [3.8, 4) is 39.1 Å². The molecule has 2 nitrogen and oxygen atoms in total. The van der Waals surface area contributed by atoms with Gasteiger partial charge in [0.25, 0.3) is 0 Å². The van der Waals surface area contributed by atoms with Crippen LogP contribution in [-0.4, -0.2) is 4.57 Å². The van der Waals surface area contributed by atoms with Crippen LogP contribution in [0.4, 0.5) is 17.1 Å². The van der Waals surface area contributed by atoms with Crippen LogP contribution in [0.5, 0.6) is 0 Å². The number of hydrogen-bond acceptors (Lipinski definition) is 1. The molecule has 0 unspecified atom stereocenters. The first-order chi connectivity index (χ1) is 36.2. The van der Waals surface area contributed by atoms with E-state index in [4.69, 9.17) is 0 Å². The first-order valence-corrected chi connectivity index (χ1v) is 25.4. The van der Waals surface area contributed by atoms with Crippen molar-refractivity contribution in [2.24, 2.45) is 0 Å². The van der Waals surface area contributed by atoms with E-state index in [0.29, 0.717) is 0 Å². The van der Waals surface area contributed by atoms with Crippen molar-refractivity contribution in [1.29, 1.82) is 0 Å². The predicted molar refractivity (Wildman–Crippen MR) is 307 cm³/mol. The van der Waals surface area contributed by atoms with Gasteiger partial charge in [-0.05, 0) is 142 Å². The highest BCUT2D eigenvalue weighted by atomic mass is 15.1. The molecule has 2 aliphatic carbocycles. The SMILES string of the molecule is c1ccc(-n2c3ccccc3c3cccc(-c4cc5c(cc4N(c4ccc6ccccc6c4)c4ccc6c7ccccc7c7ccccc7c6c4)C4(c6ccccc6-c6ccccc64)c4ccccc4-5)c32)cc1. The normalized spacial score (nSPS) is 13.0. The fourth-order valence-electron chi connectivity index (χ4n) is 13.4. The molecule has 2 heteroatoms. The number of rotatable bonds is 5. The lowest BCUT2D eigenvalue weighted by atomic mass is 9.70. The fourth-order valence-corrected chi connectivity index (χ4v) is 13.4. The lowest BCUT2D eigenvalue weighted by Gasteiger charge is -2.33. The lowest BCUT2D eigenvalue weighted by Crippen LogP contribution is -2.26. The molecule has 0 atom stereocenters. The van der Waals surface area contributed by atoms with E-state index in [2.05, 4.69) is 276 Å². The Morgan fingerprint density at radius 2 is 0.767 bits per heavy atom. The molecule has 0 saturated carbocycles. The number of fused-ring (bicyclic) bond motifs is 20. The molecule has 73 heavy (non-hydrogen) atoms. The smallest absolute Gasteiger partial charge is 0.0726 e. The van der Waals surface area contributed by atoms with Gasteiger partial charge < -0.3 is 9.47 Å². The van der Waals surface area contributed by atoms with Gasteiger partial charge >= 0.3 is 0 Å². The van der Waals surface area contributed by atoms with Crippen LogP contribution in [-0.2, 0) is 5.41 Å². The molecule has 1 heterocycles. The third-order valence-electron chi connectivity index (χ3n) is 16.3. The average Bonchev–Trinajstić information content (AvgIpc) is 4.08. The summed E-state index contributed by atoms with van der Waals surface area (Å²) in [5, 5.41) is 12.4. The van der Waals surface area contributed by atoms with E-state index in [-0.39, 0.29) is 0 Å². The van der Waals surface area contributed by atoms with Crippen LogP contribution in [0.25, 0.3) is 104 Å². The maximum atomic E-state index is 2.59. The summed E-state index contributed by atoms with van der Waals surface area (Å²) in [6, 6.07) is 100. The molecule has 1 spiro atoms. The van der Waals surface area contributed by atoms with E-state index >= 15 is 0 Å². The van der Waals surface area contributed by atoms with Crippen LogP contribution in [0, 0.1) is 0 Å². The number of para-hydroxylation sites is 3. The Bertz CT molecular complexity index is 4550. The molecule has 0 N–H and O–H groups in total. The van der Waals surface area contributed by atoms with E-state index in [9.17, 15) is 0 Å². The third-order valence-corrected chi connectivity index (χ3v) is 16.3. The van der Waals surface area contributed by atoms with E-state index in [1.54, 1.807) is 0 Å². The van der Waals surface area contributed by atoms with Gasteiger partial charge in [0.1, 0.15) is 0 Å². The summed E-state index contributed by atoms with van der Waals surface area (Å²) >= 11 is 0. The lowest BCUT2D eigenvalue weighted by molar-refractivity contribution is 0.794. The van der Waals surface area contributed by atoms with Crippen molar-refractivity contribution >= 4 is 82.0 Å². The van der Waals surface area contributed by atoms with Gasteiger partial charge in [0, 0.05) is 39.0 Å². The summed E-state index contributed by atoms with van der Waals surface area (Å²) in [7, 11) is 0. The van der Waals surface area contributed by atoms with Gasteiger partial charge in [-0.25, -0.2) is 0 Å². The largest absolute Gasteiger partial charge is 0.310 e. The summed E-state index contributed by atoms with van der Waals surface area (Å²) in [5.41, 5.74) is 19.0. The van der Waals surface area contributed by atoms with Crippen molar-refractivity contribution in [2.75, 3.05) is 4.90 Å². The number of anilines is 3. The van der Waals surface area contributed by atoms with E-state index in [0.717, 1.165) is 28.3 Å². The Balaban J connectivity index is 1.09. The molecular weight excluding hydrogens is 881 g/mol. The van der Waals surface area contributed by atoms with Crippen LogP contribution in [0.15, 0.2) is 267 Å². The van der Waals surface area contributed by atoms with Crippen LogP contribution in [0.3, 0.4) is 0 Å². The number of benzene rings is 13. The van der Waals surface area contributed by atoms with Crippen LogP contribution in [0.1, 0.15) is 22.3 Å². The molecule has 13 aromatic carbocycles. The van der Waals surface area contributed by atoms with Crippen molar-refractivity contribution < 1.29 is 0 Å². The summed E-state index contributed by atoms with van der Waals surface area (Å²) in [6.45, 7) is 0. The highest BCUT2D eigenvalue weighted by Crippen LogP contribution is 2.64. The minimum absolute atomic E-state index is 0.551. The maximum absolute atomic E-state index is 2.59. The second-order valence-electron chi connectivity index (χ2n) is 19.9. The van der Waals surface area contributed by atoms with Crippen LogP contribution in [0.2, 0.25) is 0 Å². The molecule has 0 saturated heterocycles. The standard InChI is InChI=1S/C71H44N2/c1-2-21-47(22-3-1)73-68-36-17-13-30-58(68)59-31-18-32-60(70(59)73)63-43-62-57-29-12-16-35-66(57)71(64-33-14-10-27-55(64)56-28-11-15-34-65(56)71)67(62)44-69(63)72(48-38-37-45-19-4-5-20-46(45)41-48)49-39-40-54-52-25-7-6-23-50(52)51-24-8-9-26-53(51)61(54)42-49/h1-44H. The molecule has 14 aromatic rings. The zero-order valence-electron chi connectivity index (χ0n) is 39.8. The molecule has 0 aliphatic heterocycles. The molecular formula is C71H44N2. The van der Waals surface area contributed by atoms with Gasteiger partial charge in [-0.1, -0.05) is 212 Å². The van der Waals surface area contributed by atoms with Gasteiger partial charge in [-0.3, -0.25) is 0 Å². The molecule has 0 radical (unpaired) electrons. The topological polar surface area (TPSA) is 8.17 Å². The fraction of sp³-hybridized carbons (Fsp3) is 0.0141. The van der Waals surface area contributed by atoms with Crippen molar-refractivity contribution in [3.63, 3.8) is 0 Å². The van der Waals surface area contributed by atoms with Gasteiger partial charge in [0.2, 0.25) is 0 Å². The Morgan fingerprint density at radius 3 is 1.45 bits per heavy atom. The van der Waals surface area contributed by atoms with Gasteiger partial charge in [-0.15, -0.1) is 0 Å². The van der Waals surface area contributed by atoms with Gasteiger partial charge in [0.05, 0.1) is 22.1 Å².